The molecule has 78 valence electrons. The van der Waals surface area contributed by atoms with Crippen LogP contribution in [-0.4, -0.2) is 13.2 Å². The lowest BCUT2D eigenvalue weighted by molar-refractivity contribution is 0.416. The molecule has 2 rings (SSSR count). The lowest BCUT2D eigenvalue weighted by Crippen LogP contribution is -2.24. The molecule has 0 atom stereocenters. The monoisotopic (exact) mass is 211 g/mol. The van der Waals surface area contributed by atoms with Gasteiger partial charge < -0.3 is 10.1 Å². The van der Waals surface area contributed by atoms with E-state index >= 15 is 0 Å². The Kier molecular flexibility index (Phi) is 3.43. The van der Waals surface area contributed by atoms with Crippen LogP contribution >= 0.6 is 11.3 Å². The van der Waals surface area contributed by atoms with Gasteiger partial charge in [-0.25, -0.2) is 0 Å². The SMILES string of the molecule is COc1csc(CNC2CCCC2)c1. The van der Waals surface area contributed by atoms with Gasteiger partial charge in [0.25, 0.3) is 0 Å². The number of ether oxygens (including phenoxy) is 1. The fourth-order valence-electron chi connectivity index (χ4n) is 1.94. The molecular weight excluding hydrogens is 194 g/mol. The normalized spacial score (nSPS) is 17.5. The molecule has 14 heavy (non-hydrogen) atoms. The molecule has 1 aromatic heterocycles. The molecule has 1 aromatic rings. The highest BCUT2D eigenvalue weighted by molar-refractivity contribution is 7.10. The summed E-state index contributed by atoms with van der Waals surface area (Å²) in [5, 5.41) is 5.65. The molecule has 1 aliphatic rings. The van der Waals surface area contributed by atoms with Gasteiger partial charge in [-0.1, -0.05) is 12.8 Å². The zero-order valence-corrected chi connectivity index (χ0v) is 9.40. The van der Waals surface area contributed by atoms with E-state index in [0.29, 0.717) is 0 Å². The van der Waals surface area contributed by atoms with Crippen molar-refractivity contribution in [3.8, 4) is 5.75 Å². The van der Waals surface area contributed by atoms with Crippen molar-refractivity contribution in [2.24, 2.45) is 0 Å². The minimum absolute atomic E-state index is 0.753. The van der Waals surface area contributed by atoms with Crippen molar-refractivity contribution in [1.82, 2.24) is 5.32 Å². The molecule has 1 heterocycles. The van der Waals surface area contributed by atoms with Crippen LogP contribution in [0.15, 0.2) is 11.4 Å². The Morgan fingerprint density at radius 1 is 1.50 bits per heavy atom. The van der Waals surface area contributed by atoms with E-state index in [2.05, 4.69) is 16.8 Å². The first-order valence-corrected chi connectivity index (χ1v) is 6.11. The van der Waals surface area contributed by atoms with Crippen LogP contribution in [0.1, 0.15) is 30.6 Å². The minimum Gasteiger partial charge on any atom is -0.496 e. The van der Waals surface area contributed by atoms with Crippen LogP contribution in [0.4, 0.5) is 0 Å². The largest absolute Gasteiger partial charge is 0.496 e. The zero-order chi connectivity index (χ0) is 9.80. The third kappa shape index (κ3) is 2.49. The van der Waals surface area contributed by atoms with Gasteiger partial charge in [-0.3, -0.25) is 0 Å². The number of rotatable bonds is 4. The molecule has 0 spiro atoms. The first-order valence-electron chi connectivity index (χ1n) is 5.23. The van der Waals surface area contributed by atoms with E-state index < -0.39 is 0 Å². The predicted octanol–water partition coefficient (Wildman–Crippen LogP) is 2.79. The van der Waals surface area contributed by atoms with Crippen molar-refractivity contribution in [2.75, 3.05) is 7.11 Å². The van der Waals surface area contributed by atoms with Crippen LogP contribution in [0.2, 0.25) is 0 Å². The van der Waals surface area contributed by atoms with E-state index in [1.165, 1.54) is 30.6 Å². The standard InChI is InChI=1S/C11H17NOS/c1-13-10-6-11(14-8-10)7-12-9-4-2-3-5-9/h6,8-9,12H,2-5,7H2,1H3. The lowest BCUT2D eigenvalue weighted by atomic mass is 10.2. The molecule has 2 nitrogen and oxygen atoms in total. The van der Waals surface area contributed by atoms with Gasteiger partial charge in [0.2, 0.25) is 0 Å². The Morgan fingerprint density at radius 2 is 2.29 bits per heavy atom. The number of hydrogen-bond acceptors (Lipinski definition) is 3. The van der Waals surface area contributed by atoms with E-state index in [9.17, 15) is 0 Å². The van der Waals surface area contributed by atoms with Crippen LogP contribution in [0.25, 0.3) is 0 Å². The highest BCUT2D eigenvalue weighted by Crippen LogP contribution is 2.22. The summed E-state index contributed by atoms with van der Waals surface area (Å²) in [6.45, 7) is 0.999. The Balaban J connectivity index is 1.79. The summed E-state index contributed by atoms with van der Waals surface area (Å²) in [6.07, 6.45) is 5.49. The van der Waals surface area contributed by atoms with Crippen molar-refractivity contribution >= 4 is 11.3 Å². The topological polar surface area (TPSA) is 21.3 Å². The molecule has 1 saturated carbocycles. The van der Waals surface area contributed by atoms with Gasteiger partial charge >= 0.3 is 0 Å². The second-order valence-electron chi connectivity index (χ2n) is 3.82. The smallest absolute Gasteiger partial charge is 0.129 e. The van der Waals surface area contributed by atoms with Gasteiger partial charge in [0.15, 0.2) is 0 Å². The summed E-state index contributed by atoms with van der Waals surface area (Å²) in [5.41, 5.74) is 0. The van der Waals surface area contributed by atoms with Gasteiger partial charge in [0.05, 0.1) is 7.11 Å². The number of methoxy groups -OCH3 is 1. The third-order valence-electron chi connectivity index (χ3n) is 2.79. The first-order chi connectivity index (χ1) is 6.88. The molecule has 0 unspecified atom stereocenters. The van der Waals surface area contributed by atoms with E-state index in [1.807, 2.05) is 0 Å². The number of thiophene rings is 1. The maximum atomic E-state index is 5.15. The van der Waals surface area contributed by atoms with Gasteiger partial charge in [-0.05, 0) is 18.9 Å². The van der Waals surface area contributed by atoms with E-state index in [-0.39, 0.29) is 0 Å². The molecule has 0 amide bonds. The molecule has 1 fully saturated rings. The summed E-state index contributed by atoms with van der Waals surface area (Å²) in [7, 11) is 1.72. The number of hydrogen-bond donors (Lipinski definition) is 1. The minimum atomic E-state index is 0.753. The number of nitrogens with one attached hydrogen (secondary N) is 1. The van der Waals surface area contributed by atoms with Gasteiger partial charge in [0, 0.05) is 22.8 Å². The maximum absolute atomic E-state index is 5.15. The molecule has 0 saturated heterocycles. The van der Waals surface area contributed by atoms with Gasteiger partial charge in [0.1, 0.15) is 5.75 Å². The quantitative estimate of drug-likeness (QED) is 0.827. The van der Waals surface area contributed by atoms with Gasteiger partial charge in [-0.15, -0.1) is 11.3 Å². The van der Waals surface area contributed by atoms with Crippen LogP contribution in [0.3, 0.4) is 0 Å². The third-order valence-corrected chi connectivity index (χ3v) is 3.70. The molecule has 0 bridgehead atoms. The van der Waals surface area contributed by atoms with Crippen LogP contribution < -0.4 is 10.1 Å². The highest BCUT2D eigenvalue weighted by atomic mass is 32.1. The Hall–Kier alpha value is -0.540. The first kappa shape index (κ1) is 9.99. The van der Waals surface area contributed by atoms with Crippen LogP contribution in [-0.2, 0) is 6.54 Å². The molecule has 1 N–H and O–H groups in total. The molecule has 0 aromatic carbocycles. The molecule has 3 heteroatoms. The summed E-state index contributed by atoms with van der Waals surface area (Å²) < 4.78 is 5.15. The average molecular weight is 211 g/mol. The van der Waals surface area contributed by atoms with Crippen molar-refractivity contribution < 1.29 is 4.74 Å². The van der Waals surface area contributed by atoms with Crippen molar-refractivity contribution in [3.63, 3.8) is 0 Å². The highest BCUT2D eigenvalue weighted by Gasteiger charge is 2.14. The Labute approximate surface area is 89.3 Å². The molecule has 0 aliphatic heterocycles. The van der Waals surface area contributed by atoms with Crippen molar-refractivity contribution in [3.05, 3.63) is 16.3 Å². The molecule has 1 aliphatic carbocycles. The van der Waals surface area contributed by atoms with E-state index in [1.54, 1.807) is 18.4 Å². The average Bonchev–Trinajstić information content (AvgIpc) is 2.86. The summed E-state index contributed by atoms with van der Waals surface area (Å²) in [6, 6.07) is 2.87. The van der Waals surface area contributed by atoms with Crippen LogP contribution in [0.5, 0.6) is 5.75 Å². The van der Waals surface area contributed by atoms with Crippen molar-refractivity contribution in [1.29, 1.82) is 0 Å². The second-order valence-corrected chi connectivity index (χ2v) is 4.81. The lowest BCUT2D eigenvalue weighted by Gasteiger charge is -2.09. The zero-order valence-electron chi connectivity index (χ0n) is 8.58. The van der Waals surface area contributed by atoms with E-state index in [4.69, 9.17) is 4.74 Å². The Bertz CT molecular complexity index is 279. The maximum Gasteiger partial charge on any atom is 0.129 e. The van der Waals surface area contributed by atoms with Gasteiger partial charge in [-0.2, -0.15) is 0 Å². The summed E-state index contributed by atoms with van der Waals surface area (Å²) in [5.74, 6) is 0.984. The fraction of sp³-hybridized carbons (Fsp3) is 0.636. The predicted molar refractivity (Wildman–Crippen MR) is 60.0 cm³/mol. The Morgan fingerprint density at radius 3 is 2.93 bits per heavy atom. The summed E-state index contributed by atoms with van der Waals surface area (Å²) in [4.78, 5) is 1.37. The second kappa shape index (κ2) is 4.80. The molecule has 0 radical (unpaired) electrons. The molecular formula is C11H17NOS. The van der Waals surface area contributed by atoms with Crippen molar-refractivity contribution in [2.45, 2.75) is 38.3 Å². The van der Waals surface area contributed by atoms with Crippen LogP contribution in [0, 0.1) is 0 Å². The fourth-order valence-corrected chi connectivity index (χ4v) is 2.72. The summed E-state index contributed by atoms with van der Waals surface area (Å²) >= 11 is 1.77. The van der Waals surface area contributed by atoms with E-state index in [0.717, 1.165) is 18.3 Å².